The van der Waals surface area contributed by atoms with Crippen LogP contribution in [0.3, 0.4) is 0 Å². The first kappa shape index (κ1) is 13.1. The van der Waals surface area contributed by atoms with E-state index in [0.717, 1.165) is 5.56 Å². The number of hydrogen-bond donors (Lipinski definition) is 2. The second-order valence-electron chi connectivity index (χ2n) is 4.21. The van der Waals surface area contributed by atoms with Crippen molar-refractivity contribution < 1.29 is 9.53 Å². The van der Waals surface area contributed by atoms with Gasteiger partial charge in [-0.15, -0.1) is 0 Å². The lowest BCUT2D eigenvalue weighted by molar-refractivity contribution is -0.123. The lowest BCUT2D eigenvalue weighted by atomic mass is 10.2. The standard InChI is InChI=1S/C13H16N4O2/c1-9-5-3-4-6-11(9)19-7-12(18)16-10(2)13-14-8-15-17-13/h3-6,8,10H,7H2,1-2H3,(H,16,18)(H,14,15,17). The number of aromatic amines is 1. The number of ether oxygens (including phenoxy) is 1. The quantitative estimate of drug-likeness (QED) is 0.851. The van der Waals surface area contributed by atoms with Crippen molar-refractivity contribution in [3.8, 4) is 5.75 Å². The van der Waals surface area contributed by atoms with Crippen LogP contribution in [0.25, 0.3) is 0 Å². The molecule has 0 saturated heterocycles. The lowest BCUT2D eigenvalue weighted by Crippen LogP contribution is -2.31. The zero-order valence-electron chi connectivity index (χ0n) is 10.9. The van der Waals surface area contributed by atoms with E-state index in [1.165, 1.54) is 6.33 Å². The second-order valence-corrected chi connectivity index (χ2v) is 4.21. The fourth-order valence-electron chi connectivity index (χ4n) is 1.64. The van der Waals surface area contributed by atoms with Gasteiger partial charge in [-0.25, -0.2) is 4.98 Å². The lowest BCUT2D eigenvalue weighted by Gasteiger charge is -2.12. The topological polar surface area (TPSA) is 79.9 Å². The maximum Gasteiger partial charge on any atom is 0.258 e. The average molecular weight is 260 g/mol. The monoisotopic (exact) mass is 260 g/mol. The maximum absolute atomic E-state index is 11.7. The largest absolute Gasteiger partial charge is 0.484 e. The van der Waals surface area contributed by atoms with Crippen molar-refractivity contribution in [2.75, 3.05) is 6.61 Å². The van der Waals surface area contributed by atoms with Crippen LogP contribution in [0, 0.1) is 6.92 Å². The highest BCUT2D eigenvalue weighted by Gasteiger charge is 2.12. The number of H-pyrrole nitrogens is 1. The average Bonchev–Trinajstić information content (AvgIpc) is 2.91. The molecule has 1 aromatic carbocycles. The number of nitrogens with one attached hydrogen (secondary N) is 2. The van der Waals surface area contributed by atoms with E-state index in [2.05, 4.69) is 20.5 Å². The second kappa shape index (κ2) is 5.99. The summed E-state index contributed by atoms with van der Waals surface area (Å²) < 4.78 is 5.46. The number of carbonyl (C=O) groups is 1. The van der Waals surface area contributed by atoms with Crippen molar-refractivity contribution in [2.45, 2.75) is 19.9 Å². The number of para-hydroxylation sites is 1. The van der Waals surface area contributed by atoms with Crippen LogP contribution in [0.15, 0.2) is 30.6 Å². The summed E-state index contributed by atoms with van der Waals surface area (Å²) in [6.07, 6.45) is 1.40. The molecule has 6 nitrogen and oxygen atoms in total. The van der Waals surface area contributed by atoms with Gasteiger partial charge in [-0.05, 0) is 25.5 Å². The molecule has 0 aliphatic heterocycles. The molecule has 2 aromatic rings. The Balaban J connectivity index is 1.84. The predicted molar refractivity (Wildman–Crippen MR) is 69.6 cm³/mol. The predicted octanol–water partition coefficient (Wildman–Crippen LogP) is 1.37. The van der Waals surface area contributed by atoms with Gasteiger partial charge in [0.25, 0.3) is 5.91 Å². The highest BCUT2D eigenvalue weighted by molar-refractivity contribution is 5.77. The maximum atomic E-state index is 11.7. The van der Waals surface area contributed by atoms with E-state index in [-0.39, 0.29) is 18.6 Å². The molecule has 0 spiro atoms. The summed E-state index contributed by atoms with van der Waals surface area (Å²) in [4.78, 5) is 15.7. The van der Waals surface area contributed by atoms with Gasteiger partial charge >= 0.3 is 0 Å². The summed E-state index contributed by atoms with van der Waals surface area (Å²) in [6, 6.07) is 7.34. The van der Waals surface area contributed by atoms with E-state index in [0.29, 0.717) is 11.6 Å². The molecule has 19 heavy (non-hydrogen) atoms. The molecule has 0 bridgehead atoms. The normalized spacial score (nSPS) is 11.9. The number of nitrogens with zero attached hydrogens (tertiary/aromatic N) is 2. The highest BCUT2D eigenvalue weighted by Crippen LogP contribution is 2.15. The fourth-order valence-corrected chi connectivity index (χ4v) is 1.64. The van der Waals surface area contributed by atoms with E-state index >= 15 is 0 Å². The molecule has 1 atom stereocenters. The summed E-state index contributed by atoms with van der Waals surface area (Å²) in [5.41, 5.74) is 0.999. The first-order chi connectivity index (χ1) is 9.16. The number of rotatable bonds is 5. The van der Waals surface area contributed by atoms with Crippen LogP contribution in [0.2, 0.25) is 0 Å². The minimum Gasteiger partial charge on any atom is -0.484 e. The number of benzene rings is 1. The van der Waals surface area contributed by atoms with Crippen LogP contribution in [0.4, 0.5) is 0 Å². The molecule has 0 aliphatic rings. The van der Waals surface area contributed by atoms with Crippen molar-refractivity contribution in [1.29, 1.82) is 0 Å². The molecular weight excluding hydrogens is 244 g/mol. The Bertz CT molecular complexity index is 539. The van der Waals surface area contributed by atoms with Gasteiger partial charge in [-0.1, -0.05) is 18.2 Å². The number of aromatic nitrogens is 3. The summed E-state index contributed by atoms with van der Waals surface area (Å²) in [6.45, 7) is 3.74. The molecule has 100 valence electrons. The number of carbonyl (C=O) groups excluding carboxylic acids is 1. The fraction of sp³-hybridized carbons (Fsp3) is 0.308. The van der Waals surface area contributed by atoms with Crippen LogP contribution >= 0.6 is 0 Å². The van der Waals surface area contributed by atoms with Crippen molar-refractivity contribution in [2.24, 2.45) is 0 Å². The summed E-state index contributed by atoms with van der Waals surface area (Å²) in [5, 5.41) is 9.22. The van der Waals surface area contributed by atoms with Crippen LogP contribution < -0.4 is 10.1 Å². The third-order valence-corrected chi connectivity index (χ3v) is 2.67. The van der Waals surface area contributed by atoms with Crippen LogP contribution in [0.1, 0.15) is 24.4 Å². The SMILES string of the molecule is Cc1ccccc1OCC(=O)NC(C)c1ncn[nH]1. The Labute approximate surface area is 111 Å². The Morgan fingerprint density at radius 1 is 1.47 bits per heavy atom. The summed E-state index contributed by atoms with van der Waals surface area (Å²) in [5.74, 6) is 1.13. The number of hydrogen-bond acceptors (Lipinski definition) is 4. The number of aryl methyl sites for hydroxylation is 1. The number of amides is 1. The van der Waals surface area contributed by atoms with Gasteiger partial charge in [-0.2, -0.15) is 5.10 Å². The molecule has 2 rings (SSSR count). The van der Waals surface area contributed by atoms with E-state index in [9.17, 15) is 4.79 Å². The van der Waals surface area contributed by atoms with E-state index in [1.54, 1.807) is 0 Å². The molecule has 1 aromatic heterocycles. The van der Waals surface area contributed by atoms with Crippen LogP contribution in [-0.4, -0.2) is 27.7 Å². The van der Waals surface area contributed by atoms with E-state index in [4.69, 9.17) is 4.74 Å². The van der Waals surface area contributed by atoms with Gasteiger partial charge in [0.1, 0.15) is 17.9 Å². The minimum atomic E-state index is -0.226. The third-order valence-electron chi connectivity index (χ3n) is 2.67. The van der Waals surface area contributed by atoms with Gasteiger partial charge < -0.3 is 10.1 Å². The van der Waals surface area contributed by atoms with E-state index < -0.39 is 0 Å². The Morgan fingerprint density at radius 3 is 2.95 bits per heavy atom. The Morgan fingerprint density at radius 2 is 2.26 bits per heavy atom. The van der Waals surface area contributed by atoms with Crippen LogP contribution in [-0.2, 0) is 4.79 Å². The molecular formula is C13H16N4O2. The van der Waals surface area contributed by atoms with Gasteiger partial charge in [0, 0.05) is 0 Å². The van der Waals surface area contributed by atoms with Crippen LogP contribution in [0.5, 0.6) is 5.75 Å². The molecule has 2 N–H and O–H groups in total. The smallest absolute Gasteiger partial charge is 0.258 e. The highest BCUT2D eigenvalue weighted by atomic mass is 16.5. The first-order valence-corrected chi connectivity index (χ1v) is 6.00. The third kappa shape index (κ3) is 3.54. The van der Waals surface area contributed by atoms with E-state index in [1.807, 2.05) is 38.1 Å². The zero-order chi connectivity index (χ0) is 13.7. The molecule has 0 radical (unpaired) electrons. The van der Waals surface area contributed by atoms with Crippen molar-refractivity contribution in [3.05, 3.63) is 42.0 Å². The van der Waals surface area contributed by atoms with Gasteiger partial charge in [0.2, 0.25) is 0 Å². The zero-order valence-corrected chi connectivity index (χ0v) is 10.9. The van der Waals surface area contributed by atoms with Gasteiger partial charge in [-0.3, -0.25) is 9.89 Å². The molecule has 1 unspecified atom stereocenters. The molecule has 6 heteroatoms. The van der Waals surface area contributed by atoms with Crippen molar-refractivity contribution >= 4 is 5.91 Å². The Kier molecular flexibility index (Phi) is 4.12. The Hall–Kier alpha value is -2.37. The minimum absolute atomic E-state index is 0.0245. The summed E-state index contributed by atoms with van der Waals surface area (Å²) >= 11 is 0. The first-order valence-electron chi connectivity index (χ1n) is 6.00. The molecule has 1 heterocycles. The molecule has 0 aliphatic carbocycles. The molecule has 0 saturated carbocycles. The van der Waals surface area contributed by atoms with Gasteiger partial charge in [0.05, 0.1) is 6.04 Å². The van der Waals surface area contributed by atoms with Crippen molar-refractivity contribution in [3.63, 3.8) is 0 Å². The molecule has 1 amide bonds. The summed E-state index contributed by atoms with van der Waals surface area (Å²) in [7, 11) is 0. The molecule has 0 fully saturated rings. The van der Waals surface area contributed by atoms with Gasteiger partial charge in [0.15, 0.2) is 6.61 Å². The van der Waals surface area contributed by atoms with Crippen molar-refractivity contribution in [1.82, 2.24) is 20.5 Å².